The van der Waals surface area contributed by atoms with E-state index in [0.717, 1.165) is 4.90 Å². The van der Waals surface area contributed by atoms with Gasteiger partial charge in [-0.1, -0.05) is 11.6 Å². The lowest BCUT2D eigenvalue weighted by Gasteiger charge is -2.12. The van der Waals surface area contributed by atoms with Gasteiger partial charge in [-0.25, -0.2) is 4.79 Å². The first-order valence-corrected chi connectivity index (χ1v) is 5.56. The normalized spacial score (nSPS) is 14.6. The van der Waals surface area contributed by atoms with E-state index in [1.54, 1.807) is 24.3 Å². The molecule has 1 aromatic carbocycles. The van der Waals surface area contributed by atoms with Gasteiger partial charge in [0.25, 0.3) is 0 Å². The van der Waals surface area contributed by atoms with Crippen molar-refractivity contribution >= 4 is 35.1 Å². The van der Waals surface area contributed by atoms with Gasteiger partial charge in [-0.2, -0.15) is 0 Å². The molecular weight excluding hydrogens is 258 g/mol. The molecular formula is C11H10ClN3O3. The van der Waals surface area contributed by atoms with Crippen LogP contribution in [0.5, 0.6) is 0 Å². The van der Waals surface area contributed by atoms with Gasteiger partial charge in [0.2, 0.25) is 11.8 Å². The van der Waals surface area contributed by atoms with Crippen LogP contribution in [-0.2, 0) is 9.59 Å². The average molecular weight is 268 g/mol. The van der Waals surface area contributed by atoms with Gasteiger partial charge in [0.05, 0.1) is 0 Å². The maximum Gasteiger partial charge on any atom is 0.325 e. The minimum absolute atomic E-state index is 0.0904. The summed E-state index contributed by atoms with van der Waals surface area (Å²) in [4.78, 5) is 34.9. The van der Waals surface area contributed by atoms with E-state index in [0.29, 0.717) is 10.7 Å². The summed E-state index contributed by atoms with van der Waals surface area (Å²) in [5.41, 5.74) is 0.579. The Bertz CT molecular complexity index is 501. The lowest BCUT2D eigenvalue weighted by atomic mass is 10.3. The fourth-order valence-electron chi connectivity index (χ4n) is 1.52. The van der Waals surface area contributed by atoms with Crippen molar-refractivity contribution in [3.63, 3.8) is 0 Å². The molecule has 1 aliphatic heterocycles. The van der Waals surface area contributed by atoms with Crippen LogP contribution < -0.4 is 10.6 Å². The Morgan fingerprint density at radius 1 is 1.33 bits per heavy atom. The van der Waals surface area contributed by atoms with Crippen molar-refractivity contribution in [3.05, 3.63) is 29.3 Å². The van der Waals surface area contributed by atoms with Crippen LogP contribution in [0.2, 0.25) is 5.02 Å². The molecule has 4 amide bonds. The van der Waals surface area contributed by atoms with Crippen molar-refractivity contribution in [3.8, 4) is 0 Å². The zero-order valence-corrected chi connectivity index (χ0v) is 10.0. The second-order valence-corrected chi connectivity index (χ2v) is 4.20. The molecule has 2 rings (SSSR count). The number of nitrogens with one attached hydrogen (secondary N) is 2. The Labute approximate surface area is 108 Å². The van der Waals surface area contributed by atoms with Crippen LogP contribution in [0.25, 0.3) is 0 Å². The van der Waals surface area contributed by atoms with Crippen LogP contribution in [0, 0.1) is 0 Å². The van der Waals surface area contributed by atoms with Crippen LogP contribution in [-0.4, -0.2) is 35.8 Å². The van der Waals surface area contributed by atoms with Crippen molar-refractivity contribution in [2.75, 3.05) is 18.4 Å². The molecule has 0 aliphatic carbocycles. The summed E-state index contributed by atoms with van der Waals surface area (Å²) in [5, 5.41) is 5.26. The minimum Gasteiger partial charge on any atom is -0.325 e. The number of nitrogens with zero attached hydrogens (tertiary/aromatic N) is 1. The number of carbonyl (C=O) groups is 3. The molecule has 1 aromatic rings. The van der Waals surface area contributed by atoms with E-state index >= 15 is 0 Å². The van der Waals surface area contributed by atoms with Gasteiger partial charge >= 0.3 is 6.03 Å². The van der Waals surface area contributed by atoms with Gasteiger partial charge in [0, 0.05) is 10.7 Å². The first-order valence-electron chi connectivity index (χ1n) is 5.19. The third-order valence-electron chi connectivity index (χ3n) is 2.33. The van der Waals surface area contributed by atoms with Crippen molar-refractivity contribution < 1.29 is 14.4 Å². The highest BCUT2D eigenvalue weighted by Gasteiger charge is 2.28. The third kappa shape index (κ3) is 2.98. The van der Waals surface area contributed by atoms with E-state index < -0.39 is 11.9 Å². The molecule has 6 nitrogen and oxygen atoms in total. The number of imide groups is 1. The Morgan fingerprint density at radius 3 is 2.56 bits per heavy atom. The standard InChI is InChI=1S/C11H10ClN3O3/c12-7-1-3-8(4-2-7)13-9(16)5-15-6-10(17)14-11(15)18/h1-4H,5-6H2,(H,13,16)(H,14,17,18). The van der Waals surface area contributed by atoms with Crippen molar-refractivity contribution in [2.45, 2.75) is 0 Å². The molecule has 1 aliphatic rings. The average Bonchev–Trinajstić information content (AvgIpc) is 2.61. The van der Waals surface area contributed by atoms with Crippen LogP contribution in [0.3, 0.4) is 0 Å². The number of benzene rings is 1. The predicted molar refractivity (Wildman–Crippen MR) is 65.2 cm³/mol. The molecule has 18 heavy (non-hydrogen) atoms. The highest BCUT2D eigenvalue weighted by Crippen LogP contribution is 2.13. The van der Waals surface area contributed by atoms with Crippen LogP contribution >= 0.6 is 11.6 Å². The van der Waals surface area contributed by atoms with Gasteiger partial charge in [-0.3, -0.25) is 14.9 Å². The summed E-state index contributed by atoms with van der Waals surface area (Å²) >= 11 is 5.71. The van der Waals surface area contributed by atoms with Crippen molar-refractivity contribution in [2.24, 2.45) is 0 Å². The molecule has 1 saturated heterocycles. The van der Waals surface area contributed by atoms with Gasteiger partial charge in [0.1, 0.15) is 13.1 Å². The van der Waals surface area contributed by atoms with Crippen LogP contribution in [0.1, 0.15) is 0 Å². The maximum atomic E-state index is 11.6. The Kier molecular flexibility index (Phi) is 3.47. The molecule has 0 saturated carbocycles. The molecule has 1 fully saturated rings. The number of rotatable bonds is 3. The summed E-state index contributed by atoms with van der Waals surface area (Å²) < 4.78 is 0. The van der Waals surface area contributed by atoms with Gasteiger partial charge in [0.15, 0.2) is 0 Å². The van der Waals surface area contributed by atoms with E-state index in [4.69, 9.17) is 11.6 Å². The Hall–Kier alpha value is -2.08. The summed E-state index contributed by atoms with van der Waals surface area (Å²) in [6, 6.07) is 6.03. The van der Waals surface area contributed by atoms with E-state index in [1.165, 1.54) is 0 Å². The monoisotopic (exact) mass is 267 g/mol. The van der Waals surface area contributed by atoms with E-state index in [-0.39, 0.29) is 19.0 Å². The second-order valence-electron chi connectivity index (χ2n) is 3.76. The topological polar surface area (TPSA) is 78.5 Å². The predicted octanol–water partition coefficient (Wildman–Crippen LogP) is 0.830. The number of hydrogen-bond donors (Lipinski definition) is 2. The number of urea groups is 1. The quantitative estimate of drug-likeness (QED) is 0.796. The first kappa shape index (κ1) is 12.4. The number of anilines is 1. The SMILES string of the molecule is O=C1CN(CC(=O)Nc2ccc(Cl)cc2)C(=O)N1. The maximum absolute atomic E-state index is 11.6. The fraction of sp³-hybridized carbons (Fsp3) is 0.182. The summed E-state index contributed by atoms with van der Waals surface area (Å²) in [5.74, 6) is -0.776. The zero-order chi connectivity index (χ0) is 13.1. The summed E-state index contributed by atoms with van der Waals surface area (Å²) in [7, 11) is 0. The summed E-state index contributed by atoms with van der Waals surface area (Å²) in [6.07, 6.45) is 0. The first-order chi connectivity index (χ1) is 8.54. The van der Waals surface area contributed by atoms with Gasteiger partial charge < -0.3 is 10.2 Å². The highest BCUT2D eigenvalue weighted by atomic mass is 35.5. The van der Waals surface area contributed by atoms with Crippen LogP contribution in [0.4, 0.5) is 10.5 Å². The molecule has 1 heterocycles. The Morgan fingerprint density at radius 2 is 2.00 bits per heavy atom. The fourth-order valence-corrected chi connectivity index (χ4v) is 1.64. The molecule has 94 valence electrons. The highest BCUT2D eigenvalue weighted by molar-refractivity contribution is 6.30. The molecule has 0 spiro atoms. The van der Waals surface area contributed by atoms with E-state index in [1.807, 2.05) is 0 Å². The number of halogens is 1. The molecule has 7 heteroatoms. The lowest BCUT2D eigenvalue weighted by Crippen LogP contribution is -2.35. The molecule has 0 unspecified atom stereocenters. The third-order valence-corrected chi connectivity index (χ3v) is 2.58. The zero-order valence-electron chi connectivity index (χ0n) is 9.27. The number of amides is 4. The largest absolute Gasteiger partial charge is 0.325 e. The Balaban J connectivity index is 1.91. The molecule has 0 bridgehead atoms. The second kappa shape index (κ2) is 5.05. The molecule has 0 aromatic heterocycles. The van der Waals surface area contributed by atoms with Gasteiger partial charge in [-0.15, -0.1) is 0 Å². The summed E-state index contributed by atoms with van der Waals surface area (Å²) in [6.45, 7) is -0.257. The van der Waals surface area contributed by atoms with Crippen molar-refractivity contribution in [1.29, 1.82) is 0 Å². The van der Waals surface area contributed by atoms with E-state index in [2.05, 4.69) is 10.6 Å². The smallest absolute Gasteiger partial charge is 0.325 e. The van der Waals surface area contributed by atoms with E-state index in [9.17, 15) is 14.4 Å². The minimum atomic E-state index is -0.550. The molecule has 0 radical (unpaired) electrons. The van der Waals surface area contributed by atoms with Gasteiger partial charge in [-0.05, 0) is 24.3 Å². The molecule has 2 N–H and O–H groups in total. The van der Waals surface area contributed by atoms with Crippen molar-refractivity contribution in [1.82, 2.24) is 10.2 Å². The molecule has 0 atom stereocenters. The van der Waals surface area contributed by atoms with Crippen LogP contribution in [0.15, 0.2) is 24.3 Å². The number of carbonyl (C=O) groups excluding carboxylic acids is 3. The number of hydrogen-bond acceptors (Lipinski definition) is 3. The lowest BCUT2D eigenvalue weighted by molar-refractivity contribution is -0.119.